The number of ketones is 1. The van der Waals surface area contributed by atoms with Crippen molar-refractivity contribution in [2.24, 2.45) is 11.8 Å². The Bertz CT molecular complexity index is 596. The third-order valence-corrected chi connectivity index (χ3v) is 4.36. The summed E-state index contributed by atoms with van der Waals surface area (Å²) in [6, 6.07) is 1.82. The SMILES string of the molecule is C=C1C2=C(C(=O)c3ccncc31)C1C=CC2CC1. The summed E-state index contributed by atoms with van der Waals surface area (Å²) in [5.74, 6) is 0.874. The van der Waals surface area contributed by atoms with Gasteiger partial charge in [-0.25, -0.2) is 0 Å². The maximum Gasteiger partial charge on any atom is 0.190 e. The molecule has 0 N–H and O–H groups in total. The van der Waals surface area contributed by atoms with E-state index in [1.54, 1.807) is 12.4 Å². The summed E-state index contributed by atoms with van der Waals surface area (Å²) < 4.78 is 0. The lowest BCUT2D eigenvalue weighted by Crippen LogP contribution is -2.30. The molecule has 0 amide bonds. The van der Waals surface area contributed by atoms with Gasteiger partial charge in [0, 0.05) is 40.9 Å². The van der Waals surface area contributed by atoms with Crippen molar-refractivity contribution in [1.29, 1.82) is 0 Å². The molecule has 2 nitrogen and oxygen atoms in total. The van der Waals surface area contributed by atoms with E-state index in [1.807, 2.05) is 6.07 Å². The normalized spacial score (nSPS) is 28.4. The molecule has 2 bridgehead atoms. The number of pyridine rings is 1. The molecule has 2 unspecified atom stereocenters. The number of Topliss-reactive ketones (excluding diaryl/α,β-unsaturated/α-hetero) is 1. The van der Waals surface area contributed by atoms with E-state index in [-0.39, 0.29) is 5.78 Å². The van der Waals surface area contributed by atoms with E-state index in [9.17, 15) is 4.79 Å². The number of carbonyl (C=O) groups is 1. The molecule has 0 aromatic carbocycles. The van der Waals surface area contributed by atoms with Crippen molar-refractivity contribution in [2.75, 3.05) is 0 Å². The van der Waals surface area contributed by atoms with Crippen molar-refractivity contribution in [3.63, 3.8) is 0 Å². The van der Waals surface area contributed by atoms with E-state index in [4.69, 9.17) is 0 Å². The van der Waals surface area contributed by atoms with Gasteiger partial charge in [-0.3, -0.25) is 9.78 Å². The third kappa shape index (κ3) is 1.08. The molecule has 2 atom stereocenters. The van der Waals surface area contributed by atoms with Crippen molar-refractivity contribution in [3.05, 3.63) is 59.5 Å². The smallest absolute Gasteiger partial charge is 0.190 e. The number of aromatic nitrogens is 1. The molecule has 1 heterocycles. The maximum absolute atomic E-state index is 12.6. The van der Waals surface area contributed by atoms with Crippen LogP contribution in [0.4, 0.5) is 0 Å². The fourth-order valence-electron chi connectivity index (χ4n) is 3.50. The van der Waals surface area contributed by atoms with Crippen LogP contribution in [0.1, 0.15) is 28.8 Å². The van der Waals surface area contributed by atoms with Crippen molar-refractivity contribution >= 4 is 11.4 Å². The maximum atomic E-state index is 12.6. The molecule has 2 heteroatoms. The molecule has 1 aromatic heterocycles. The quantitative estimate of drug-likeness (QED) is 0.646. The van der Waals surface area contributed by atoms with Crippen LogP contribution in [0.15, 0.2) is 48.3 Å². The van der Waals surface area contributed by atoms with Crippen molar-refractivity contribution in [1.82, 2.24) is 4.98 Å². The highest BCUT2D eigenvalue weighted by atomic mass is 16.1. The molecule has 4 aliphatic carbocycles. The summed E-state index contributed by atoms with van der Waals surface area (Å²) in [5, 5.41) is 0. The highest BCUT2D eigenvalue weighted by Crippen LogP contribution is 2.49. The number of rotatable bonds is 0. The van der Waals surface area contributed by atoms with Crippen LogP contribution in [0.5, 0.6) is 0 Å². The molecule has 1 aromatic rings. The standard InChI is InChI=1S/C16H13NO/c1-9-13-8-17-7-6-12(13)16(18)15-11-4-2-10(3-5-11)14(9)15/h2,4,6-8,10-11H,1,3,5H2. The van der Waals surface area contributed by atoms with Gasteiger partial charge < -0.3 is 0 Å². The molecule has 0 saturated heterocycles. The number of allylic oxidation sites excluding steroid dienone is 5. The lowest BCUT2D eigenvalue weighted by molar-refractivity contribution is 0.101. The van der Waals surface area contributed by atoms with Crippen LogP contribution in [0, 0.1) is 11.8 Å². The Morgan fingerprint density at radius 2 is 1.83 bits per heavy atom. The fourth-order valence-corrected chi connectivity index (χ4v) is 3.50. The monoisotopic (exact) mass is 235 g/mol. The van der Waals surface area contributed by atoms with E-state index in [0.717, 1.165) is 35.1 Å². The molecule has 88 valence electrons. The largest absolute Gasteiger partial charge is 0.289 e. The van der Waals surface area contributed by atoms with Crippen molar-refractivity contribution in [3.8, 4) is 0 Å². The van der Waals surface area contributed by atoms with Gasteiger partial charge in [0.15, 0.2) is 5.78 Å². The fraction of sp³-hybridized carbons (Fsp3) is 0.250. The number of fused-ring (bicyclic) bond motifs is 2. The third-order valence-electron chi connectivity index (χ3n) is 4.36. The molecule has 0 aliphatic heterocycles. The molecular weight excluding hydrogens is 222 g/mol. The summed E-state index contributed by atoms with van der Waals surface area (Å²) in [7, 11) is 0. The number of carbonyl (C=O) groups excluding carboxylic acids is 1. The Hall–Kier alpha value is -1.96. The zero-order chi connectivity index (χ0) is 12.3. The first-order valence-corrected chi connectivity index (χ1v) is 6.38. The number of nitrogens with zero attached hydrogens (tertiary/aromatic N) is 1. The van der Waals surface area contributed by atoms with Gasteiger partial charge in [0.25, 0.3) is 0 Å². The summed E-state index contributed by atoms with van der Waals surface area (Å²) in [6.07, 6.45) is 10.1. The van der Waals surface area contributed by atoms with Crippen LogP contribution in [0.25, 0.3) is 5.57 Å². The predicted molar refractivity (Wildman–Crippen MR) is 70.0 cm³/mol. The van der Waals surface area contributed by atoms with Gasteiger partial charge >= 0.3 is 0 Å². The Morgan fingerprint density at radius 1 is 1.11 bits per heavy atom. The number of hydrogen-bond acceptors (Lipinski definition) is 2. The molecule has 0 saturated carbocycles. The lowest BCUT2D eigenvalue weighted by Gasteiger charge is -2.39. The Balaban J connectivity index is 1.99. The molecule has 0 radical (unpaired) electrons. The van der Waals surface area contributed by atoms with Crippen LogP contribution in [-0.4, -0.2) is 10.8 Å². The van der Waals surface area contributed by atoms with E-state index < -0.39 is 0 Å². The summed E-state index contributed by atoms with van der Waals surface area (Å²) in [6.45, 7) is 4.21. The minimum atomic E-state index is 0.189. The van der Waals surface area contributed by atoms with Gasteiger partial charge in [0.1, 0.15) is 0 Å². The summed E-state index contributed by atoms with van der Waals surface area (Å²) in [4.78, 5) is 16.8. The second-order valence-electron chi connectivity index (χ2n) is 5.23. The first kappa shape index (κ1) is 10.0. The van der Waals surface area contributed by atoms with E-state index in [2.05, 4.69) is 23.7 Å². The average molecular weight is 235 g/mol. The average Bonchev–Trinajstić information content (AvgIpc) is 2.45. The molecule has 5 rings (SSSR count). The summed E-state index contributed by atoms with van der Waals surface area (Å²) >= 11 is 0. The van der Waals surface area contributed by atoms with Crippen molar-refractivity contribution < 1.29 is 4.79 Å². The second kappa shape index (κ2) is 3.29. The first-order chi connectivity index (χ1) is 8.77. The minimum Gasteiger partial charge on any atom is -0.289 e. The van der Waals surface area contributed by atoms with Crippen LogP contribution in [0.3, 0.4) is 0 Å². The predicted octanol–water partition coefficient (Wildman–Crippen LogP) is 3.18. The molecule has 0 spiro atoms. The van der Waals surface area contributed by atoms with Crippen LogP contribution in [0.2, 0.25) is 0 Å². The zero-order valence-electron chi connectivity index (χ0n) is 10.0. The van der Waals surface area contributed by atoms with Gasteiger partial charge in [-0.2, -0.15) is 0 Å². The number of hydrogen-bond donors (Lipinski definition) is 0. The first-order valence-electron chi connectivity index (χ1n) is 6.38. The van der Waals surface area contributed by atoms with Gasteiger partial charge in [0.05, 0.1) is 0 Å². The Labute approximate surface area is 106 Å². The highest BCUT2D eigenvalue weighted by molar-refractivity contribution is 6.18. The summed E-state index contributed by atoms with van der Waals surface area (Å²) in [5.41, 5.74) is 4.88. The minimum absolute atomic E-state index is 0.189. The molecule has 18 heavy (non-hydrogen) atoms. The lowest BCUT2D eigenvalue weighted by atomic mass is 9.64. The molecular formula is C16H13NO. The molecule has 0 fully saturated rings. The highest BCUT2D eigenvalue weighted by Gasteiger charge is 2.40. The molecule has 4 aliphatic rings. The van der Waals surface area contributed by atoms with Gasteiger partial charge in [0.2, 0.25) is 0 Å². The van der Waals surface area contributed by atoms with Crippen LogP contribution >= 0.6 is 0 Å². The van der Waals surface area contributed by atoms with Gasteiger partial charge in [-0.05, 0) is 30.1 Å². The topological polar surface area (TPSA) is 30.0 Å². The van der Waals surface area contributed by atoms with Crippen LogP contribution in [-0.2, 0) is 0 Å². The van der Waals surface area contributed by atoms with E-state index >= 15 is 0 Å². The van der Waals surface area contributed by atoms with Crippen LogP contribution < -0.4 is 0 Å². The Kier molecular flexibility index (Phi) is 1.83. The van der Waals surface area contributed by atoms with E-state index in [0.29, 0.717) is 11.8 Å². The van der Waals surface area contributed by atoms with Gasteiger partial charge in [-0.15, -0.1) is 0 Å². The van der Waals surface area contributed by atoms with Gasteiger partial charge in [-0.1, -0.05) is 18.7 Å². The zero-order valence-corrected chi connectivity index (χ0v) is 10.0. The van der Waals surface area contributed by atoms with E-state index in [1.165, 1.54) is 5.57 Å². The Morgan fingerprint density at radius 3 is 2.56 bits per heavy atom. The second-order valence-corrected chi connectivity index (χ2v) is 5.23. The van der Waals surface area contributed by atoms with Crippen molar-refractivity contribution in [2.45, 2.75) is 12.8 Å².